The summed E-state index contributed by atoms with van der Waals surface area (Å²) >= 11 is 0. The van der Waals surface area contributed by atoms with Crippen molar-refractivity contribution in [2.75, 3.05) is 0 Å². The summed E-state index contributed by atoms with van der Waals surface area (Å²) in [6.07, 6.45) is -3.26. The summed E-state index contributed by atoms with van der Waals surface area (Å²) in [6, 6.07) is 4.47. The average molecular weight is 299 g/mol. The molecule has 5 nitrogen and oxygen atoms in total. The number of aliphatic carboxylic acids is 1. The van der Waals surface area contributed by atoms with Crippen molar-refractivity contribution in [3.8, 4) is 5.69 Å². The molecular formula is C13H12F3N3O2. The van der Waals surface area contributed by atoms with Crippen LogP contribution < -0.4 is 0 Å². The summed E-state index contributed by atoms with van der Waals surface area (Å²) < 4.78 is 39.3. The molecule has 1 aromatic carbocycles. The van der Waals surface area contributed by atoms with Gasteiger partial charge in [0.25, 0.3) is 0 Å². The van der Waals surface area contributed by atoms with Gasteiger partial charge in [0.05, 0.1) is 23.1 Å². The molecule has 0 spiro atoms. The number of rotatable bonds is 3. The number of carbonyl (C=O) groups is 1. The van der Waals surface area contributed by atoms with E-state index in [2.05, 4.69) is 10.3 Å². The zero-order valence-corrected chi connectivity index (χ0v) is 11.2. The van der Waals surface area contributed by atoms with E-state index in [1.165, 1.54) is 32.2 Å². The molecule has 21 heavy (non-hydrogen) atoms. The Morgan fingerprint density at radius 2 is 1.95 bits per heavy atom. The topological polar surface area (TPSA) is 68.0 Å². The minimum Gasteiger partial charge on any atom is -0.481 e. The van der Waals surface area contributed by atoms with Gasteiger partial charge in [-0.05, 0) is 32.0 Å². The Morgan fingerprint density at radius 1 is 1.29 bits per heavy atom. The van der Waals surface area contributed by atoms with E-state index in [4.69, 9.17) is 0 Å². The maximum Gasteiger partial charge on any atom is 0.416 e. The van der Waals surface area contributed by atoms with Crippen molar-refractivity contribution in [2.45, 2.75) is 25.4 Å². The SMILES string of the molecule is CC(C)(C(=O)O)c1cnnn1-c1cccc(C(F)(F)F)c1. The first-order chi connectivity index (χ1) is 9.64. The summed E-state index contributed by atoms with van der Waals surface area (Å²) in [4.78, 5) is 11.3. The second kappa shape index (κ2) is 4.87. The molecule has 2 aromatic rings. The Balaban J connectivity index is 2.55. The van der Waals surface area contributed by atoms with Gasteiger partial charge in [0.1, 0.15) is 5.41 Å². The molecule has 2 rings (SSSR count). The Morgan fingerprint density at radius 3 is 2.52 bits per heavy atom. The van der Waals surface area contributed by atoms with Crippen LogP contribution in [0.3, 0.4) is 0 Å². The van der Waals surface area contributed by atoms with Crippen LogP contribution >= 0.6 is 0 Å². The predicted molar refractivity (Wildman–Crippen MR) is 67.0 cm³/mol. The van der Waals surface area contributed by atoms with Crippen LogP contribution in [0.25, 0.3) is 5.69 Å². The molecule has 0 amide bonds. The first-order valence-corrected chi connectivity index (χ1v) is 5.96. The number of halogens is 3. The third-order valence-electron chi connectivity index (χ3n) is 3.14. The highest BCUT2D eigenvalue weighted by atomic mass is 19.4. The standard InChI is InChI=1S/C13H12F3N3O2/c1-12(2,11(20)21)10-7-17-18-19(10)9-5-3-4-8(6-9)13(14,15)16/h3-7H,1-2H3,(H,20,21). The fourth-order valence-electron chi connectivity index (χ4n) is 1.78. The molecule has 1 heterocycles. The minimum atomic E-state index is -4.49. The van der Waals surface area contributed by atoms with Crippen molar-refractivity contribution in [3.05, 3.63) is 41.7 Å². The van der Waals surface area contributed by atoms with Gasteiger partial charge in [-0.25, -0.2) is 4.68 Å². The van der Waals surface area contributed by atoms with E-state index >= 15 is 0 Å². The number of alkyl halides is 3. The fourth-order valence-corrected chi connectivity index (χ4v) is 1.78. The van der Waals surface area contributed by atoms with Crippen LogP contribution in [0, 0.1) is 0 Å². The molecular weight excluding hydrogens is 287 g/mol. The van der Waals surface area contributed by atoms with Gasteiger partial charge in [-0.3, -0.25) is 4.79 Å². The zero-order valence-electron chi connectivity index (χ0n) is 11.2. The van der Waals surface area contributed by atoms with Crippen molar-refractivity contribution in [3.63, 3.8) is 0 Å². The Labute approximate surface area is 118 Å². The molecule has 0 aliphatic heterocycles. The van der Waals surface area contributed by atoms with Crippen molar-refractivity contribution in [2.24, 2.45) is 0 Å². The van der Waals surface area contributed by atoms with E-state index in [0.717, 1.165) is 16.8 Å². The summed E-state index contributed by atoms with van der Waals surface area (Å²) in [5, 5.41) is 16.5. The molecule has 0 atom stereocenters. The lowest BCUT2D eigenvalue weighted by atomic mass is 9.90. The number of aromatic nitrogens is 3. The fraction of sp³-hybridized carbons (Fsp3) is 0.308. The Bertz CT molecular complexity index is 677. The number of carboxylic acid groups (broad SMARTS) is 1. The van der Waals surface area contributed by atoms with Crippen LogP contribution in [0.5, 0.6) is 0 Å². The van der Waals surface area contributed by atoms with Crippen LogP contribution in [-0.2, 0) is 16.4 Å². The van der Waals surface area contributed by atoms with Gasteiger partial charge in [-0.15, -0.1) is 5.10 Å². The number of hydrogen-bond donors (Lipinski definition) is 1. The third kappa shape index (κ3) is 2.74. The van der Waals surface area contributed by atoms with E-state index < -0.39 is 23.1 Å². The van der Waals surface area contributed by atoms with Crippen LogP contribution in [0.15, 0.2) is 30.5 Å². The zero-order chi connectivity index (χ0) is 15.8. The van der Waals surface area contributed by atoms with Crippen LogP contribution in [0.4, 0.5) is 13.2 Å². The van der Waals surface area contributed by atoms with E-state index in [9.17, 15) is 23.1 Å². The Hall–Kier alpha value is -2.38. The third-order valence-corrected chi connectivity index (χ3v) is 3.14. The van der Waals surface area contributed by atoms with E-state index in [-0.39, 0.29) is 11.4 Å². The number of benzene rings is 1. The molecule has 0 bridgehead atoms. The van der Waals surface area contributed by atoms with E-state index in [1.807, 2.05) is 0 Å². The second-order valence-corrected chi connectivity index (χ2v) is 5.01. The molecule has 0 fully saturated rings. The van der Waals surface area contributed by atoms with Crippen molar-refractivity contribution in [1.29, 1.82) is 0 Å². The second-order valence-electron chi connectivity index (χ2n) is 5.01. The van der Waals surface area contributed by atoms with Gasteiger partial charge in [-0.1, -0.05) is 11.3 Å². The molecule has 0 unspecified atom stereocenters. The van der Waals surface area contributed by atoms with Crippen LogP contribution in [-0.4, -0.2) is 26.1 Å². The smallest absolute Gasteiger partial charge is 0.416 e. The summed E-state index contributed by atoms with van der Waals surface area (Å²) in [7, 11) is 0. The average Bonchev–Trinajstić information content (AvgIpc) is 2.87. The molecule has 0 saturated carbocycles. The summed E-state index contributed by atoms with van der Waals surface area (Å²) in [5.41, 5.74) is -1.88. The number of carboxylic acids is 1. The molecule has 8 heteroatoms. The van der Waals surface area contributed by atoms with Gasteiger partial charge in [0.2, 0.25) is 0 Å². The van der Waals surface area contributed by atoms with Crippen molar-refractivity contribution >= 4 is 5.97 Å². The first-order valence-electron chi connectivity index (χ1n) is 5.96. The number of nitrogens with zero attached hydrogens (tertiary/aromatic N) is 3. The summed E-state index contributed by atoms with van der Waals surface area (Å²) in [5.74, 6) is -1.13. The summed E-state index contributed by atoms with van der Waals surface area (Å²) in [6.45, 7) is 2.86. The molecule has 0 aliphatic rings. The largest absolute Gasteiger partial charge is 0.481 e. The van der Waals surface area contributed by atoms with Gasteiger partial charge in [0, 0.05) is 0 Å². The van der Waals surface area contributed by atoms with Gasteiger partial charge >= 0.3 is 12.1 Å². The monoisotopic (exact) mass is 299 g/mol. The van der Waals surface area contributed by atoms with Crippen molar-refractivity contribution < 1.29 is 23.1 Å². The van der Waals surface area contributed by atoms with Gasteiger partial charge < -0.3 is 5.11 Å². The normalized spacial score (nSPS) is 12.4. The lowest BCUT2D eigenvalue weighted by Gasteiger charge is -2.20. The highest BCUT2D eigenvalue weighted by molar-refractivity contribution is 5.79. The Kier molecular flexibility index (Phi) is 3.48. The quantitative estimate of drug-likeness (QED) is 0.946. The first kappa shape index (κ1) is 15.0. The molecule has 1 aromatic heterocycles. The number of hydrogen-bond acceptors (Lipinski definition) is 3. The highest BCUT2D eigenvalue weighted by Gasteiger charge is 2.35. The predicted octanol–water partition coefficient (Wildman–Crippen LogP) is 2.65. The molecule has 1 N–H and O–H groups in total. The van der Waals surface area contributed by atoms with Crippen LogP contribution in [0.2, 0.25) is 0 Å². The molecule has 0 radical (unpaired) electrons. The lowest BCUT2D eigenvalue weighted by molar-refractivity contribution is -0.142. The lowest BCUT2D eigenvalue weighted by Crippen LogP contribution is -2.31. The van der Waals surface area contributed by atoms with E-state index in [1.54, 1.807) is 0 Å². The minimum absolute atomic E-state index is 0.103. The van der Waals surface area contributed by atoms with Crippen LogP contribution in [0.1, 0.15) is 25.1 Å². The van der Waals surface area contributed by atoms with Gasteiger partial charge in [-0.2, -0.15) is 13.2 Å². The van der Waals surface area contributed by atoms with E-state index in [0.29, 0.717) is 0 Å². The molecule has 0 saturated heterocycles. The highest BCUT2D eigenvalue weighted by Crippen LogP contribution is 2.31. The maximum atomic E-state index is 12.7. The maximum absolute atomic E-state index is 12.7. The van der Waals surface area contributed by atoms with Gasteiger partial charge in [0.15, 0.2) is 0 Å². The molecule has 112 valence electrons. The molecule has 0 aliphatic carbocycles. The van der Waals surface area contributed by atoms with Crippen molar-refractivity contribution in [1.82, 2.24) is 15.0 Å².